The topological polar surface area (TPSA) is 68.5 Å². The number of nitrogens with zero attached hydrogens (tertiary/aromatic N) is 2. The van der Waals surface area contributed by atoms with Crippen molar-refractivity contribution >= 4 is 0 Å². The molecule has 22 heavy (non-hydrogen) atoms. The molecular formula is C14H16F3N3O2. The van der Waals surface area contributed by atoms with Crippen LogP contribution < -0.4 is 10.1 Å². The first-order valence-corrected chi connectivity index (χ1v) is 6.71. The number of hydrogen-bond acceptors (Lipinski definition) is 5. The zero-order chi connectivity index (χ0) is 16.3. The summed E-state index contributed by atoms with van der Waals surface area (Å²) < 4.78 is 45.5. The number of nitrogens with one attached hydrogen (secondary N) is 1. The van der Waals surface area contributed by atoms with E-state index >= 15 is 0 Å². The van der Waals surface area contributed by atoms with E-state index in [4.69, 9.17) is 10.00 Å². The third kappa shape index (κ3) is 3.26. The molecule has 0 saturated carbocycles. The molecule has 1 fully saturated rings. The summed E-state index contributed by atoms with van der Waals surface area (Å²) in [6.45, 7) is 1.26. The van der Waals surface area contributed by atoms with E-state index in [9.17, 15) is 18.3 Å². The van der Waals surface area contributed by atoms with Gasteiger partial charge in [-0.25, -0.2) is 0 Å². The van der Waals surface area contributed by atoms with Gasteiger partial charge in [-0.2, -0.15) is 18.4 Å². The molecule has 1 aliphatic heterocycles. The Morgan fingerprint density at radius 3 is 2.50 bits per heavy atom. The van der Waals surface area contributed by atoms with Gasteiger partial charge in [-0.1, -0.05) is 0 Å². The molecule has 2 rings (SSSR count). The monoisotopic (exact) mass is 315 g/mol. The minimum Gasteiger partial charge on any atom is -0.504 e. The summed E-state index contributed by atoms with van der Waals surface area (Å²) in [5.41, 5.74) is -0.348. The van der Waals surface area contributed by atoms with Crippen LogP contribution in [0.25, 0.3) is 0 Å². The Hall–Kier alpha value is -1.98. The number of alkyl halides is 3. The smallest absolute Gasteiger partial charge is 0.408 e. The Labute approximate surface area is 125 Å². The largest absolute Gasteiger partial charge is 0.504 e. The van der Waals surface area contributed by atoms with Gasteiger partial charge in [0.2, 0.25) is 0 Å². The SMILES string of the molecule is COc1cc(C#N)cc([C@@H](N2CCNCC2)C(F)(F)F)c1O. The Balaban J connectivity index is 2.54. The Morgan fingerprint density at radius 2 is 2.00 bits per heavy atom. The quantitative estimate of drug-likeness (QED) is 0.890. The summed E-state index contributed by atoms with van der Waals surface area (Å²) in [4.78, 5) is 1.24. The standard InChI is InChI=1S/C14H16F3N3O2/c1-22-11-7-9(8-18)6-10(12(11)21)13(14(15,16)17)20-4-2-19-3-5-20/h6-7,13,19,21H,2-5H2,1H3/t13-/m1/s1. The molecule has 2 N–H and O–H groups in total. The highest BCUT2D eigenvalue weighted by Gasteiger charge is 2.46. The molecule has 1 aromatic carbocycles. The van der Waals surface area contributed by atoms with E-state index < -0.39 is 18.0 Å². The number of piperazine rings is 1. The highest BCUT2D eigenvalue weighted by Crippen LogP contribution is 2.44. The van der Waals surface area contributed by atoms with E-state index in [1.54, 1.807) is 6.07 Å². The van der Waals surface area contributed by atoms with Gasteiger partial charge in [-0.3, -0.25) is 4.90 Å². The minimum atomic E-state index is -4.58. The Morgan fingerprint density at radius 1 is 1.36 bits per heavy atom. The number of phenolic OH excluding ortho intramolecular Hbond substituents is 1. The van der Waals surface area contributed by atoms with Crippen molar-refractivity contribution in [2.45, 2.75) is 12.2 Å². The normalized spacial score (nSPS) is 17.8. The summed E-state index contributed by atoms with van der Waals surface area (Å²) >= 11 is 0. The lowest BCUT2D eigenvalue weighted by Crippen LogP contribution is -2.49. The second-order valence-corrected chi connectivity index (χ2v) is 4.96. The number of hydrogen-bond donors (Lipinski definition) is 2. The van der Waals surface area contributed by atoms with E-state index in [0.717, 1.165) is 6.07 Å². The lowest BCUT2D eigenvalue weighted by molar-refractivity contribution is -0.188. The summed E-state index contributed by atoms with van der Waals surface area (Å²) in [6, 6.07) is 2.09. The van der Waals surface area contributed by atoms with Crippen LogP contribution in [-0.2, 0) is 0 Å². The molecule has 0 spiro atoms. The summed E-state index contributed by atoms with van der Waals surface area (Å²) in [5.74, 6) is -0.721. The first-order valence-electron chi connectivity index (χ1n) is 6.71. The number of aromatic hydroxyl groups is 1. The second-order valence-electron chi connectivity index (χ2n) is 4.96. The van der Waals surface area contributed by atoms with Crippen molar-refractivity contribution in [1.82, 2.24) is 10.2 Å². The maximum absolute atomic E-state index is 13.5. The van der Waals surface area contributed by atoms with Crippen molar-refractivity contribution in [1.29, 1.82) is 5.26 Å². The van der Waals surface area contributed by atoms with Crippen LogP contribution in [0.1, 0.15) is 17.2 Å². The molecule has 8 heteroatoms. The number of rotatable bonds is 3. The van der Waals surface area contributed by atoms with Crippen LogP contribution in [-0.4, -0.2) is 49.5 Å². The molecule has 0 radical (unpaired) electrons. The number of methoxy groups -OCH3 is 1. The summed E-state index contributed by atoms with van der Waals surface area (Å²) in [7, 11) is 1.23. The van der Waals surface area contributed by atoms with Crippen LogP contribution in [0.5, 0.6) is 11.5 Å². The van der Waals surface area contributed by atoms with Crippen molar-refractivity contribution < 1.29 is 23.0 Å². The average molecular weight is 315 g/mol. The molecule has 0 aliphatic carbocycles. The van der Waals surface area contributed by atoms with Crippen LogP contribution in [0.4, 0.5) is 13.2 Å². The molecule has 1 atom stereocenters. The average Bonchev–Trinajstić information content (AvgIpc) is 2.49. The van der Waals surface area contributed by atoms with E-state index in [2.05, 4.69) is 5.32 Å². The van der Waals surface area contributed by atoms with Gasteiger partial charge in [-0.05, 0) is 6.07 Å². The number of ether oxygens (including phenoxy) is 1. The molecular weight excluding hydrogens is 299 g/mol. The van der Waals surface area contributed by atoms with Crippen LogP contribution in [0.3, 0.4) is 0 Å². The fourth-order valence-corrected chi connectivity index (χ4v) is 2.58. The van der Waals surface area contributed by atoms with Crippen molar-refractivity contribution in [3.63, 3.8) is 0 Å². The van der Waals surface area contributed by atoms with Gasteiger partial charge in [-0.15, -0.1) is 0 Å². The van der Waals surface area contributed by atoms with Crippen molar-refractivity contribution in [2.75, 3.05) is 33.3 Å². The van der Waals surface area contributed by atoms with Crippen molar-refractivity contribution in [3.05, 3.63) is 23.3 Å². The van der Waals surface area contributed by atoms with Gasteiger partial charge in [0.15, 0.2) is 11.5 Å². The number of halogens is 3. The Kier molecular flexibility index (Phi) is 4.78. The molecule has 1 heterocycles. The summed E-state index contributed by atoms with van der Waals surface area (Å²) in [5, 5.41) is 22.1. The van der Waals surface area contributed by atoms with Gasteiger partial charge < -0.3 is 15.2 Å². The lowest BCUT2D eigenvalue weighted by atomic mass is 9.99. The third-order valence-corrected chi connectivity index (χ3v) is 3.57. The second kappa shape index (κ2) is 6.42. The zero-order valence-electron chi connectivity index (χ0n) is 11.9. The van der Waals surface area contributed by atoms with E-state index in [1.807, 2.05) is 0 Å². The number of phenols is 1. The minimum absolute atomic E-state index is 0.00837. The molecule has 1 aromatic rings. The van der Waals surface area contributed by atoms with Gasteiger partial charge >= 0.3 is 6.18 Å². The van der Waals surface area contributed by atoms with Crippen LogP contribution >= 0.6 is 0 Å². The maximum atomic E-state index is 13.5. The van der Waals surface area contributed by atoms with Gasteiger partial charge in [0, 0.05) is 37.8 Å². The molecule has 0 amide bonds. The summed E-state index contributed by atoms with van der Waals surface area (Å²) in [6.07, 6.45) is -4.58. The van der Waals surface area contributed by atoms with Crippen LogP contribution in [0.15, 0.2) is 12.1 Å². The van der Waals surface area contributed by atoms with Crippen molar-refractivity contribution in [2.24, 2.45) is 0 Å². The van der Waals surface area contributed by atoms with Gasteiger partial charge in [0.05, 0.1) is 18.7 Å². The Bertz CT molecular complexity index is 578. The first-order chi connectivity index (χ1) is 10.4. The molecule has 1 aliphatic rings. The van der Waals surface area contributed by atoms with Gasteiger partial charge in [0.25, 0.3) is 0 Å². The highest BCUT2D eigenvalue weighted by molar-refractivity contribution is 5.53. The zero-order valence-corrected chi connectivity index (χ0v) is 11.9. The molecule has 1 saturated heterocycles. The molecule has 0 aromatic heterocycles. The van der Waals surface area contributed by atoms with Crippen LogP contribution in [0.2, 0.25) is 0 Å². The lowest BCUT2D eigenvalue weighted by Gasteiger charge is -2.36. The number of benzene rings is 1. The van der Waals surface area contributed by atoms with Crippen molar-refractivity contribution in [3.8, 4) is 17.6 Å². The molecule has 5 nitrogen and oxygen atoms in total. The highest BCUT2D eigenvalue weighted by atomic mass is 19.4. The van der Waals surface area contributed by atoms with Crippen LogP contribution in [0, 0.1) is 11.3 Å². The molecule has 0 bridgehead atoms. The fraction of sp³-hybridized carbons (Fsp3) is 0.500. The van der Waals surface area contributed by atoms with Gasteiger partial charge in [0.1, 0.15) is 6.04 Å². The maximum Gasteiger partial charge on any atom is 0.408 e. The first kappa shape index (κ1) is 16.4. The van der Waals surface area contributed by atoms with E-state index in [-0.39, 0.29) is 30.0 Å². The fourth-order valence-electron chi connectivity index (χ4n) is 2.58. The predicted octanol–water partition coefficient (Wildman–Crippen LogP) is 1.78. The van der Waals surface area contributed by atoms with E-state index in [1.165, 1.54) is 18.1 Å². The predicted molar refractivity (Wildman–Crippen MR) is 72.6 cm³/mol. The third-order valence-electron chi connectivity index (χ3n) is 3.57. The molecule has 120 valence electrons. The van der Waals surface area contributed by atoms with E-state index in [0.29, 0.717) is 13.1 Å². The number of nitriles is 1. The molecule has 0 unspecified atom stereocenters.